The zero-order valence-electron chi connectivity index (χ0n) is 25.3. The Bertz CT molecular complexity index is 1640. The Morgan fingerprint density at radius 2 is 1.71 bits per heavy atom. The number of carbonyl (C=O) groups is 3. The third-order valence-corrected chi connectivity index (χ3v) is 9.47. The third-order valence-electron chi connectivity index (χ3n) is 7.53. The molecule has 3 aromatic rings. The molecule has 0 radical (unpaired) electrons. The summed E-state index contributed by atoms with van der Waals surface area (Å²) < 4.78 is 40.6. The topological polar surface area (TPSA) is 125 Å². The van der Waals surface area contributed by atoms with Crippen molar-refractivity contribution in [3.8, 4) is 0 Å². The minimum atomic E-state index is -3.91. The van der Waals surface area contributed by atoms with E-state index in [4.69, 9.17) is 11.6 Å². The predicted octanol–water partition coefficient (Wildman–Crippen LogP) is 4.70. The van der Waals surface area contributed by atoms with Crippen LogP contribution in [0.15, 0.2) is 71.6 Å². The summed E-state index contributed by atoms with van der Waals surface area (Å²) >= 11 is 5.87. The van der Waals surface area contributed by atoms with Crippen molar-refractivity contribution in [1.29, 1.82) is 0 Å². The molecule has 3 amide bonds. The lowest BCUT2D eigenvalue weighted by atomic mass is 9.93. The SMILES string of the molecule is CC(C)C[C@H](NC(=O)c1cccc2c1CCN(C(=O)c1ccccc1)C2)C(=O)NCCCCNS(=O)(=O)c1ccc(F)cc1Cl. The maximum Gasteiger partial charge on any atom is 0.254 e. The minimum Gasteiger partial charge on any atom is -0.354 e. The van der Waals surface area contributed by atoms with Crippen LogP contribution in [0.4, 0.5) is 4.39 Å². The Labute approximate surface area is 268 Å². The molecule has 3 aromatic carbocycles. The summed E-state index contributed by atoms with van der Waals surface area (Å²) in [6.45, 7) is 5.20. The van der Waals surface area contributed by atoms with Gasteiger partial charge >= 0.3 is 0 Å². The highest BCUT2D eigenvalue weighted by Gasteiger charge is 2.28. The van der Waals surface area contributed by atoms with Crippen LogP contribution in [0.2, 0.25) is 5.02 Å². The average Bonchev–Trinajstić information content (AvgIpc) is 3.01. The van der Waals surface area contributed by atoms with Crippen LogP contribution in [0, 0.1) is 11.7 Å². The fourth-order valence-electron chi connectivity index (χ4n) is 5.26. The third kappa shape index (κ3) is 9.12. The van der Waals surface area contributed by atoms with Gasteiger partial charge < -0.3 is 15.5 Å². The number of amides is 3. The van der Waals surface area contributed by atoms with Crippen molar-refractivity contribution in [2.24, 2.45) is 5.92 Å². The fraction of sp³-hybridized carbons (Fsp3) is 0.364. The quantitative estimate of drug-likeness (QED) is 0.230. The first kappa shape index (κ1) is 34.1. The van der Waals surface area contributed by atoms with Gasteiger partial charge in [-0.1, -0.05) is 55.8 Å². The van der Waals surface area contributed by atoms with Gasteiger partial charge in [-0.3, -0.25) is 14.4 Å². The van der Waals surface area contributed by atoms with E-state index in [0.717, 1.165) is 29.3 Å². The number of hydrogen-bond acceptors (Lipinski definition) is 5. The molecule has 1 aliphatic rings. The molecule has 3 N–H and O–H groups in total. The van der Waals surface area contributed by atoms with Crippen LogP contribution in [-0.2, 0) is 27.8 Å². The Morgan fingerprint density at radius 1 is 0.978 bits per heavy atom. The Balaban J connectivity index is 1.30. The first-order chi connectivity index (χ1) is 21.5. The number of benzene rings is 3. The van der Waals surface area contributed by atoms with Gasteiger partial charge in [-0.2, -0.15) is 0 Å². The number of hydrogen-bond donors (Lipinski definition) is 3. The highest BCUT2D eigenvalue weighted by atomic mass is 35.5. The Hall–Kier alpha value is -3.80. The summed E-state index contributed by atoms with van der Waals surface area (Å²) in [5.41, 5.74) is 2.89. The summed E-state index contributed by atoms with van der Waals surface area (Å²) in [6, 6.07) is 16.9. The number of fused-ring (bicyclic) bond motifs is 1. The van der Waals surface area contributed by atoms with E-state index >= 15 is 0 Å². The van der Waals surface area contributed by atoms with Crippen LogP contribution in [0.5, 0.6) is 0 Å². The predicted molar refractivity (Wildman–Crippen MR) is 171 cm³/mol. The molecule has 0 aromatic heterocycles. The van der Waals surface area contributed by atoms with Gasteiger partial charge in [0.05, 0.1) is 5.02 Å². The van der Waals surface area contributed by atoms with Crippen molar-refractivity contribution in [2.45, 2.75) is 57.0 Å². The molecule has 12 heteroatoms. The van der Waals surface area contributed by atoms with Crippen LogP contribution < -0.4 is 15.4 Å². The summed E-state index contributed by atoms with van der Waals surface area (Å²) in [6.07, 6.45) is 1.87. The van der Waals surface area contributed by atoms with Crippen LogP contribution >= 0.6 is 11.6 Å². The van der Waals surface area contributed by atoms with Gasteiger partial charge in [0.1, 0.15) is 16.8 Å². The second kappa shape index (κ2) is 15.5. The number of nitrogens with one attached hydrogen (secondary N) is 3. The van der Waals surface area contributed by atoms with E-state index in [1.165, 1.54) is 0 Å². The highest BCUT2D eigenvalue weighted by molar-refractivity contribution is 7.89. The van der Waals surface area contributed by atoms with Gasteiger partial charge in [0, 0.05) is 37.3 Å². The number of unbranched alkanes of at least 4 members (excludes halogenated alkanes) is 1. The molecule has 0 aliphatic carbocycles. The first-order valence-corrected chi connectivity index (χ1v) is 16.8. The Kier molecular flexibility index (Phi) is 11.7. The van der Waals surface area contributed by atoms with Crippen molar-refractivity contribution in [3.63, 3.8) is 0 Å². The lowest BCUT2D eigenvalue weighted by Gasteiger charge is -2.30. The monoisotopic (exact) mass is 656 g/mol. The number of nitrogens with zero attached hydrogens (tertiary/aromatic N) is 1. The minimum absolute atomic E-state index is 0.0561. The maximum absolute atomic E-state index is 13.5. The van der Waals surface area contributed by atoms with Crippen LogP contribution in [0.25, 0.3) is 0 Å². The number of sulfonamides is 1. The van der Waals surface area contributed by atoms with Crippen LogP contribution in [0.3, 0.4) is 0 Å². The largest absolute Gasteiger partial charge is 0.354 e. The van der Waals surface area contributed by atoms with E-state index in [0.29, 0.717) is 49.9 Å². The molecule has 0 saturated heterocycles. The summed E-state index contributed by atoms with van der Waals surface area (Å²) in [4.78, 5) is 41.1. The van der Waals surface area contributed by atoms with Gasteiger partial charge in [-0.15, -0.1) is 0 Å². The number of carbonyl (C=O) groups excluding carboxylic acids is 3. The fourth-order valence-corrected chi connectivity index (χ4v) is 6.86. The van der Waals surface area contributed by atoms with Crippen molar-refractivity contribution >= 4 is 39.3 Å². The summed E-state index contributed by atoms with van der Waals surface area (Å²) in [5.74, 6) is -1.21. The molecule has 0 unspecified atom stereocenters. The van der Waals surface area contributed by atoms with Gasteiger partial charge in [-0.25, -0.2) is 17.5 Å². The van der Waals surface area contributed by atoms with E-state index in [1.54, 1.807) is 29.2 Å². The Morgan fingerprint density at radius 3 is 2.42 bits per heavy atom. The van der Waals surface area contributed by atoms with Gasteiger partial charge in [0.2, 0.25) is 15.9 Å². The molecule has 9 nitrogen and oxygen atoms in total. The van der Waals surface area contributed by atoms with Gasteiger partial charge in [0.25, 0.3) is 11.8 Å². The normalized spacial score (nSPS) is 13.7. The molecule has 0 saturated carbocycles. The zero-order valence-corrected chi connectivity index (χ0v) is 26.9. The molecule has 0 fully saturated rings. The maximum atomic E-state index is 13.5. The van der Waals surface area contributed by atoms with Crippen LogP contribution in [0.1, 0.15) is 65.0 Å². The van der Waals surface area contributed by atoms with Crippen molar-refractivity contribution in [1.82, 2.24) is 20.3 Å². The lowest BCUT2D eigenvalue weighted by molar-refractivity contribution is -0.123. The van der Waals surface area contributed by atoms with E-state index < -0.39 is 21.9 Å². The van der Waals surface area contributed by atoms with Crippen molar-refractivity contribution < 1.29 is 27.2 Å². The molecule has 45 heavy (non-hydrogen) atoms. The summed E-state index contributed by atoms with van der Waals surface area (Å²) in [5, 5.41) is 5.55. The summed E-state index contributed by atoms with van der Waals surface area (Å²) in [7, 11) is -3.91. The van der Waals surface area contributed by atoms with E-state index in [9.17, 15) is 27.2 Å². The zero-order chi connectivity index (χ0) is 32.6. The van der Waals surface area contributed by atoms with Crippen LogP contribution in [-0.4, -0.2) is 56.7 Å². The molecule has 4 rings (SSSR count). The van der Waals surface area contributed by atoms with Gasteiger partial charge in [-0.05, 0) is 79.1 Å². The van der Waals surface area contributed by atoms with Gasteiger partial charge in [0.15, 0.2) is 0 Å². The average molecular weight is 657 g/mol. The first-order valence-electron chi connectivity index (χ1n) is 14.9. The molecule has 0 bridgehead atoms. The number of halogens is 2. The molecule has 1 aliphatic heterocycles. The second-order valence-corrected chi connectivity index (χ2v) is 13.6. The van der Waals surface area contributed by atoms with Crippen molar-refractivity contribution in [3.05, 3.63) is 99.8 Å². The van der Waals surface area contributed by atoms with E-state index in [2.05, 4.69) is 15.4 Å². The molecule has 240 valence electrons. The second-order valence-electron chi connectivity index (χ2n) is 11.4. The standard InChI is InChI=1S/C33H38ClFN4O5S/c1-22(2)19-29(32(41)36-16-6-7-17-37-45(43,44)30-14-13-25(35)20-28(30)34)38-31(40)27-12-8-11-24-21-39(18-15-26(24)27)33(42)23-9-4-3-5-10-23/h3-5,8-14,20,22,29,37H,6-7,15-19,21H2,1-2H3,(H,36,41)(H,38,40)/t29-/m0/s1. The molecule has 1 heterocycles. The molecular formula is C33H38ClFN4O5S. The van der Waals surface area contributed by atoms with E-state index in [-0.39, 0.29) is 46.6 Å². The molecular weight excluding hydrogens is 619 g/mol. The highest BCUT2D eigenvalue weighted by Crippen LogP contribution is 2.25. The number of rotatable bonds is 13. The van der Waals surface area contributed by atoms with Crippen molar-refractivity contribution in [2.75, 3.05) is 19.6 Å². The smallest absolute Gasteiger partial charge is 0.254 e. The molecule has 1 atom stereocenters. The lowest BCUT2D eigenvalue weighted by Crippen LogP contribution is -2.48. The molecule has 0 spiro atoms. The van der Waals surface area contributed by atoms with E-state index in [1.807, 2.05) is 38.1 Å².